The van der Waals surface area contributed by atoms with Gasteiger partial charge in [0, 0.05) is 24.1 Å². The van der Waals surface area contributed by atoms with Gasteiger partial charge in [0.1, 0.15) is 17.2 Å². The zero-order chi connectivity index (χ0) is 25.4. The van der Waals surface area contributed by atoms with E-state index in [0.29, 0.717) is 45.3 Å². The van der Waals surface area contributed by atoms with Crippen LogP contribution in [-0.4, -0.2) is 34.4 Å². The molecule has 1 aromatic heterocycles. The average molecular weight is 488 g/mol. The number of nitrogens with one attached hydrogen (secondary N) is 1. The van der Waals surface area contributed by atoms with Crippen LogP contribution in [0.25, 0.3) is 16.6 Å². The number of carboxylic acid groups (broad SMARTS) is 1. The number of carboxylic acids is 1. The van der Waals surface area contributed by atoms with Crippen LogP contribution in [0.3, 0.4) is 0 Å². The normalized spacial score (nSPS) is 12.1. The van der Waals surface area contributed by atoms with E-state index in [1.807, 2.05) is 13.8 Å². The van der Waals surface area contributed by atoms with E-state index in [9.17, 15) is 14.7 Å². The van der Waals surface area contributed by atoms with Gasteiger partial charge in [0.05, 0.1) is 17.3 Å². The van der Waals surface area contributed by atoms with Crippen molar-refractivity contribution in [1.29, 1.82) is 0 Å². The number of benzene rings is 3. The summed E-state index contributed by atoms with van der Waals surface area (Å²) in [7, 11) is 0. The monoisotopic (exact) mass is 488 g/mol. The first-order valence-corrected chi connectivity index (χ1v) is 11.3. The van der Waals surface area contributed by atoms with Crippen molar-refractivity contribution in [1.82, 2.24) is 4.57 Å². The van der Waals surface area contributed by atoms with Gasteiger partial charge >= 0.3 is 5.97 Å². The van der Waals surface area contributed by atoms with Crippen molar-refractivity contribution < 1.29 is 33.6 Å². The fraction of sp³-hybridized carbons (Fsp3) is 0.185. The van der Waals surface area contributed by atoms with Crippen molar-refractivity contribution in [2.45, 2.75) is 26.9 Å². The Morgan fingerprint density at radius 3 is 2.31 bits per heavy atom. The summed E-state index contributed by atoms with van der Waals surface area (Å²) in [5.41, 5.74) is 1.31. The summed E-state index contributed by atoms with van der Waals surface area (Å²) in [6.07, 6.45) is 0.00684. The summed E-state index contributed by atoms with van der Waals surface area (Å²) in [4.78, 5) is 24.4. The Morgan fingerprint density at radius 2 is 1.61 bits per heavy atom. The SMILES string of the molecule is CC(=O)Nc1c(C(=O)O)n(-c2ccc(OC(C)C)cc2)c2ccc(Oc3ccc4c(c3)OCO4)cc12. The smallest absolute Gasteiger partial charge is 0.355 e. The highest BCUT2D eigenvalue weighted by Gasteiger charge is 2.25. The molecule has 1 aliphatic rings. The third-order valence-electron chi connectivity index (χ3n) is 5.49. The molecule has 0 saturated carbocycles. The zero-order valence-corrected chi connectivity index (χ0v) is 19.9. The molecule has 0 fully saturated rings. The van der Waals surface area contributed by atoms with Crippen LogP contribution in [0.4, 0.5) is 5.69 Å². The predicted octanol–water partition coefficient (Wildman–Crippen LogP) is 5.60. The molecule has 184 valence electrons. The number of aromatic carboxylic acids is 1. The highest BCUT2D eigenvalue weighted by molar-refractivity contribution is 6.12. The minimum absolute atomic E-state index is 0.00684. The highest BCUT2D eigenvalue weighted by Crippen LogP contribution is 2.40. The summed E-state index contributed by atoms with van der Waals surface area (Å²) in [5.74, 6) is 1.30. The number of carbonyl (C=O) groups excluding carboxylic acids is 1. The van der Waals surface area contributed by atoms with E-state index in [1.165, 1.54) is 6.92 Å². The largest absolute Gasteiger partial charge is 0.491 e. The van der Waals surface area contributed by atoms with Gasteiger partial charge < -0.3 is 33.9 Å². The number of amides is 1. The van der Waals surface area contributed by atoms with Crippen molar-refractivity contribution >= 4 is 28.5 Å². The van der Waals surface area contributed by atoms with Crippen molar-refractivity contribution in [2.24, 2.45) is 0 Å². The minimum atomic E-state index is -1.18. The van der Waals surface area contributed by atoms with Gasteiger partial charge in [-0.2, -0.15) is 0 Å². The Labute approximate surface area is 206 Å². The number of rotatable bonds is 7. The molecule has 9 nitrogen and oxygen atoms in total. The van der Waals surface area contributed by atoms with Crippen molar-refractivity contribution in [3.63, 3.8) is 0 Å². The average Bonchev–Trinajstić information content (AvgIpc) is 3.41. The fourth-order valence-corrected chi connectivity index (χ4v) is 4.13. The maximum atomic E-state index is 12.4. The van der Waals surface area contributed by atoms with Crippen LogP contribution in [0.1, 0.15) is 31.3 Å². The van der Waals surface area contributed by atoms with Crippen LogP contribution >= 0.6 is 0 Å². The fourth-order valence-electron chi connectivity index (χ4n) is 4.13. The van der Waals surface area contributed by atoms with Gasteiger partial charge in [0.25, 0.3) is 0 Å². The van der Waals surface area contributed by atoms with Gasteiger partial charge in [-0.1, -0.05) is 0 Å². The predicted molar refractivity (Wildman–Crippen MR) is 133 cm³/mol. The molecule has 0 bridgehead atoms. The van der Waals surface area contributed by atoms with Crippen molar-refractivity contribution in [3.8, 4) is 34.4 Å². The maximum Gasteiger partial charge on any atom is 0.355 e. The first-order chi connectivity index (χ1) is 17.3. The molecular formula is C27H24N2O7. The number of fused-ring (bicyclic) bond motifs is 2. The van der Waals surface area contributed by atoms with E-state index in [-0.39, 0.29) is 30.2 Å². The molecule has 36 heavy (non-hydrogen) atoms. The molecule has 9 heteroatoms. The second kappa shape index (κ2) is 9.18. The van der Waals surface area contributed by atoms with E-state index in [1.54, 1.807) is 65.2 Å². The van der Waals surface area contributed by atoms with E-state index < -0.39 is 5.97 Å². The van der Waals surface area contributed by atoms with Crippen LogP contribution in [0.5, 0.6) is 28.7 Å². The molecule has 0 saturated heterocycles. The Hall–Kier alpha value is -4.66. The summed E-state index contributed by atoms with van der Waals surface area (Å²) in [5, 5.41) is 13.3. The molecule has 0 spiro atoms. The lowest BCUT2D eigenvalue weighted by Crippen LogP contribution is -2.13. The molecule has 4 aromatic rings. The molecule has 2 N–H and O–H groups in total. The van der Waals surface area contributed by atoms with Crippen LogP contribution in [0.2, 0.25) is 0 Å². The molecule has 0 radical (unpaired) electrons. The van der Waals surface area contributed by atoms with Crippen LogP contribution < -0.4 is 24.3 Å². The first-order valence-electron chi connectivity index (χ1n) is 11.3. The summed E-state index contributed by atoms with van der Waals surface area (Å²) in [6.45, 7) is 5.35. The molecule has 2 heterocycles. The molecule has 5 rings (SSSR count). The van der Waals surface area contributed by atoms with Crippen LogP contribution in [0, 0.1) is 0 Å². The summed E-state index contributed by atoms with van der Waals surface area (Å²) < 4.78 is 24.1. The van der Waals surface area contributed by atoms with Crippen LogP contribution in [0.15, 0.2) is 60.7 Å². The van der Waals surface area contributed by atoms with E-state index in [2.05, 4.69) is 5.32 Å². The number of nitrogens with zero attached hydrogens (tertiary/aromatic N) is 1. The third kappa shape index (κ3) is 4.38. The number of hydrogen-bond acceptors (Lipinski definition) is 6. The lowest BCUT2D eigenvalue weighted by molar-refractivity contribution is -0.114. The maximum absolute atomic E-state index is 12.4. The third-order valence-corrected chi connectivity index (χ3v) is 5.49. The Bertz CT molecular complexity index is 1470. The van der Waals surface area contributed by atoms with Gasteiger partial charge in [-0.3, -0.25) is 4.79 Å². The van der Waals surface area contributed by atoms with Gasteiger partial charge in [0.15, 0.2) is 17.2 Å². The number of hydrogen-bond donors (Lipinski definition) is 2. The molecule has 1 aliphatic heterocycles. The standard InChI is InChI=1S/C27H24N2O7/c1-15(2)35-18-6-4-17(5-7-18)29-22-10-8-19(36-20-9-11-23-24(13-20)34-14-33-23)12-21(22)25(28-16(3)30)26(29)27(31)32/h4-13,15H,14H2,1-3H3,(H,28,30)(H,31,32). The quantitative estimate of drug-likeness (QED) is 0.349. The Balaban J connectivity index is 1.61. The number of aromatic nitrogens is 1. The number of ether oxygens (including phenoxy) is 4. The highest BCUT2D eigenvalue weighted by atomic mass is 16.7. The topological polar surface area (TPSA) is 108 Å². The van der Waals surface area contributed by atoms with Crippen molar-refractivity contribution in [2.75, 3.05) is 12.1 Å². The Morgan fingerprint density at radius 1 is 0.944 bits per heavy atom. The van der Waals surface area contributed by atoms with E-state index in [4.69, 9.17) is 18.9 Å². The van der Waals surface area contributed by atoms with Gasteiger partial charge in [0.2, 0.25) is 12.7 Å². The molecule has 0 atom stereocenters. The lowest BCUT2D eigenvalue weighted by Gasteiger charge is -2.12. The molecule has 3 aromatic carbocycles. The number of carbonyl (C=O) groups is 2. The van der Waals surface area contributed by atoms with Crippen molar-refractivity contribution in [3.05, 3.63) is 66.4 Å². The van der Waals surface area contributed by atoms with Gasteiger partial charge in [-0.15, -0.1) is 0 Å². The summed E-state index contributed by atoms with van der Waals surface area (Å²) >= 11 is 0. The summed E-state index contributed by atoms with van der Waals surface area (Å²) in [6, 6.07) is 17.5. The minimum Gasteiger partial charge on any atom is -0.491 e. The molecule has 0 aliphatic carbocycles. The number of anilines is 1. The first kappa shape index (κ1) is 23.1. The second-order valence-corrected chi connectivity index (χ2v) is 8.50. The zero-order valence-electron chi connectivity index (χ0n) is 19.9. The lowest BCUT2D eigenvalue weighted by atomic mass is 10.2. The molecular weight excluding hydrogens is 464 g/mol. The van der Waals surface area contributed by atoms with E-state index in [0.717, 1.165) is 0 Å². The van der Waals surface area contributed by atoms with Crippen LogP contribution in [-0.2, 0) is 4.79 Å². The Kier molecular flexibility index (Phi) is 5.89. The second-order valence-electron chi connectivity index (χ2n) is 8.50. The van der Waals surface area contributed by atoms with Gasteiger partial charge in [-0.25, -0.2) is 4.79 Å². The molecule has 0 unspecified atom stereocenters. The molecule has 1 amide bonds. The van der Waals surface area contributed by atoms with E-state index >= 15 is 0 Å². The van der Waals surface area contributed by atoms with Gasteiger partial charge in [-0.05, 0) is 68.4 Å².